The molecule has 4 heterocycles. The molecule has 1 aliphatic heterocycles. The summed E-state index contributed by atoms with van der Waals surface area (Å²) in [5.41, 5.74) is 6.23. The number of fused-ring (bicyclic) bond motifs is 2. The number of nitrogens with zero attached hydrogens (tertiary/aromatic N) is 4. The van der Waals surface area contributed by atoms with Crippen LogP contribution < -0.4 is 5.32 Å². The molecule has 35 heavy (non-hydrogen) atoms. The number of H-pyrrole nitrogens is 2. The van der Waals surface area contributed by atoms with Crippen molar-refractivity contribution in [3.05, 3.63) is 77.5 Å². The summed E-state index contributed by atoms with van der Waals surface area (Å²) in [6, 6.07) is 18.6. The smallest absolute Gasteiger partial charge is 0.253 e. The standard InChI is InChI=1S/C27H27N7O/c1-17-6-8-18(9-7-17)16-34-12-10-20(11-13-34)29-27(35)19-14-21-24(32-33-25(21)28-15-19)26-30-22-4-2-3-5-23(22)31-26/h2-9,14-15,20H,10-13,16H2,1H3,(H,29,35)(H,30,31)(H,28,32,33). The Bertz CT molecular complexity index is 1460. The number of carbonyl (C=O) groups is 1. The number of pyridine rings is 1. The molecule has 2 aromatic carbocycles. The van der Waals surface area contributed by atoms with Gasteiger partial charge in [-0.05, 0) is 43.5 Å². The zero-order chi connectivity index (χ0) is 23.8. The van der Waals surface area contributed by atoms with Crippen molar-refractivity contribution in [1.29, 1.82) is 0 Å². The van der Waals surface area contributed by atoms with Gasteiger partial charge in [0, 0.05) is 31.9 Å². The lowest BCUT2D eigenvalue weighted by Gasteiger charge is -2.32. The van der Waals surface area contributed by atoms with Crippen LogP contribution in [-0.2, 0) is 6.54 Å². The normalized spacial score (nSPS) is 15.1. The monoisotopic (exact) mass is 465 g/mol. The third-order valence-corrected chi connectivity index (χ3v) is 6.74. The lowest BCUT2D eigenvalue weighted by Crippen LogP contribution is -2.44. The second-order valence-electron chi connectivity index (χ2n) is 9.30. The van der Waals surface area contributed by atoms with Crippen LogP contribution in [0.4, 0.5) is 0 Å². The first-order chi connectivity index (χ1) is 17.1. The maximum Gasteiger partial charge on any atom is 0.253 e. The maximum atomic E-state index is 13.1. The third-order valence-electron chi connectivity index (χ3n) is 6.74. The van der Waals surface area contributed by atoms with Crippen molar-refractivity contribution < 1.29 is 4.79 Å². The molecule has 6 rings (SSSR count). The molecule has 0 saturated carbocycles. The van der Waals surface area contributed by atoms with Crippen LogP contribution in [0.25, 0.3) is 33.6 Å². The van der Waals surface area contributed by atoms with Gasteiger partial charge >= 0.3 is 0 Å². The Hall–Kier alpha value is -4.04. The average molecular weight is 466 g/mol. The maximum absolute atomic E-state index is 13.1. The van der Waals surface area contributed by atoms with E-state index >= 15 is 0 Å². The quantitative estimate of drug-likeness (QED) is 0.361. The van der Waals surface area contributed by atoms with Gasteiger partial charge in [-0.3, -0.25) is 14.8 Å². The van der Waals surface area contributed by atoms with Crippen LogP contribution in [0.2, 0.25) is 0 Å². The highest BCUT2D eigenvalue weighted by molar-refractivity contribution is 6.00. The summed E-state index contributed by atoms with van der Waals surface area (Å²) < 4.78 is 0. The van der Waals surface area contributed by atoms with Gasteiger partial charge in [-0.15, -0.1) is 0 Å². The van der Waals surface area contributed by atoms with Gasteiger partial charge in [-0.1, -0.05) is 42.0 Å². The number of imidazole rings is 1. The van der Waals surface area contributed by atoms with Crippen molar-refractivity contribution in [3.63, 3.8) is 0 Å². The van der Waals surface area contributed by atoms with Crippen LogP contribution in [0.5, 0.6) is 0 Å². The molecule has 1 fully saturated rings. The van der Waals surface area contributed by atoms with E-state index in [9.17, 15) is 4.79 Å². The third kappa shape index (κ3) is 4.40. The number of piperidine rings is 1. The number of rotatable bonds is 5. The summed E-state index contributed by atoms with van der Waals surface area (Å²) in [5.74, 6) is 0.547. The van der Waals surface area contributed by atoms with E-state index in [0.29, 0.717) is 22.7 Å². The average Bonchev–Trinajstić information content (AvgIpc) is 3.50. The van der Waals surface area contributed by atoms with Crippen molar-refractivity contribution >= 4 is 28.0 Å². The first-order valence-corrected chi connectivity index (χ1v) is 12.0. The number of hydrogen-bond acceptors (Lipinski definition) is 5. The molecule has 176 valence electrons. The molecular formula is C27H27N7O. The fourth-order valence-electron chi connectivity index (χ4n) is 4.73. The molecule has 3 N–H and O–H groups in total. The predicted molar refractivity (Wildman–Crippen MR) is 136 cm³/mol. The summed E-state index contributed by atoms with van der Waals surface area (Å²) in [7, 11) is 0. The molecule has 0 spiro atoms. The van der Waals surface area contributed by atoms with Gasteiger partial charge < -0.3 is 10.3 Å². The van der Waals surface area contributed by atoms with Crippen molar-refractivity contribution in [2.24, 2.45) is 0 Å². The molecule has 1 amide bonds. The summed E-state index contributed by atoms with van der Waals surface area (Å²) in [4.78, 5) is 27.9. The van der Waals surface area contributed by atoms with E-state index in [0.717, 1.165) is 48.9 Å². The minimum Gasteiger partial charge on any atom is -0.349 e. The Morgan fingerprint density at radius 1 is 1.11 bits per heavy atom. The van der Waals surface area contributed by atoms with Crippen LogP contribution in [0.1, 0.15) is 34.3 Å². The van der Waals surface area contributed by atoms with Gasteiger partial charge in [0.25, 0.3) is 5.91 Å². The van der Waals surface area contributed by atoms with Crippen LogP contribution in [-0.4, -0.2) is 55.1 Å². The summed E-state index contributed by atoms with van der Waals surface area (Å²) in [6.07, 6.45) is 3.47. The molecule has 1 saturated heterocycles. The number of aromatic amines is 2. The van der Waals surface area contributed by atoms with Crippen LogP contribution in [0.3, 0.4) is 0 Å². The number of likely N-dealkylation sites (tertiary alicyclic amines) is 1. The van der Waals surface area contributed by atoms with Crippen molar-refractivity contribution in [1.82, 2.24) is 35.4 Å². The molecular weight excluding hydrogens is 438 g/mol. The first kappa shape index (κ1) is 21.5. The zero-order valence-electron chi connectivity index (χ0n) is 19.6. The Labute approximate surface area is 202 Å². The highest BCUT2D eigenvalue weighted by atomic mass is 16.1. The van der Waals surface area contributed by atoms with Crippen molar-refractivity contribution in [3.8, 4) is 11.5 Å². The summed E-state index contributed by atoms with van der Waals surface area (Å²) in [6.45, 7) is 4.99. The predicted octanol–water partition coefficient (Wildman–Crippen LogP) is 4.20. The Morgan fingerprint density at radius 3 is 2.71 bits per heavy atom. The van der Waals surface area contributed by atoms with Gasteiger partial charge in [0.15, 0.2) is 11.5 Å². The number of carbonyl (C=O) groups excluding carboxylic acids is 1. The van der Waals surface area contributed by atoms with Crippen LogP contribution in [0.15, 0.2) is 60.8 Å². The number of hydrogen-bond donors (Lipinski definition) is 3. The number of amides is 1. The molecule has 0 unspecified atom stereocenters. The minimum absolute atomic E-state index is 0.104. The Kier molecular flexibility index (Phi) is 5.50. The van der Waals surface area contributed by atoms with E-state index in [1.54, 1.807) is 6.20 Å². The highest BCUT2D eigenvalue weighted by Crippen LogP contribution is 2.26. The second-order valence-corrected chi connectivity index (χ2v) is 9.30. The van der Waals surface area contributed by atoms with Gasteiger partial charge in [-0.2, -0.15) is 5.10 Å². The molecule has 1 aliphatic rings. The number of benzene rings is 2. The number of aryl methyl sites for hydroxylation is 1. The summed E-state index contributed by atoms with van der Waals surface area (Å²) >= 11 is 0. The molecule has 8 heteroatoms. The van der Waals surface area contributed by atoms with Crippen LogP contribution >= 0.6 is 0 Å². The van der Waals surface area contributed by atoms with Gasteiger partial charge in [0.1, 0.15) is 5.69 Å². The number of nitrogens with one attached hydrogen (secondary N) is 3. The largest absolute Gasteiger partial charge is 0.349 e. The molecule has 0 bridgehead atoms. The van der Waals surface area contributed by atoms with E-state index in [1.807, 2.05) is 30.3 Å². The summed E-state index contributed by atoms with van der Waals surface area (Å²) in [5, 5.41) is 11.3. The molecule has 0 aliphatic carbocycles. The molecule has 0 atom stereocenters. The number of para-hydroxylation sites is 2. The lowest BCUT2D eigenvalue weighted by atomic mass is 10.0. The van der Waals surface area contributed by atoms with Gasteiger partial charge in [0.2, 0.25) is 0 Å². The van der Waals surface area contributed by atoms with Gasteiger partial charge in [-0.25, -0.2) is 9.97 Å². The van der Waals surface area contributed by atoms with E-state index < -0.39 is 0 Å². The fraction of sp³-hybridized carbons (Fsp3) is 0.259. The van der Waals surface area contributed by atoms with E-state index in [4.69, 9.17) is 0 Å². The van der Waals surface area contributed by atoms with Gasteiger partial charge in [0.05, 0.1) is 22.0 Å². The van der Waals surface area contributed by atoms with E-state index in [-0.39, 0.29) is 11.9 Å². The zero-order valence-corrected chi connectivity index (χ0v) is 19.6. The lowest BCUT2D eigenvalue weighted by molar-refractivity contribution is 0.0908. The van der Waals surface area contributed by atoms with E-state index in [1.165, 1.54) is 11.1 Å². The van der Waals surface area contributed by atoms with Crippen molar-refractivity contribution in [2.45, 2.75) is 32.4 Å². The second kappa shape index (κ2) is 8.96. The molecule has 0 radical (unpaired) electrons. The fourth-order valence-corrected chi connectivity index (χ4v) is 4.73. The minimum atomic E-state index is -0.104. The van der Waals surface area contributed by atoms with Crippen molar-refractivity contribution in [2.75, 3.05) is 13.1 Å². The number of aromatic nitrogens is 5. The first-order valence-electron chi connectivity index (χ1n) is 12.0. The highest BCUT2D eigenvalue weighted by Gasteiger charge is 2.22. The SMILES string of the molecule is Cc1ccc(CN2CCC(NC(=O)c3cnc4[nH]nc(-c5nc6ccccc6[nH]5)c4c3)CC2)cc1. The Balaban J connectivity index is 1.13. The molecule has 3 aromatic heterocycles. The molecule has 5 aromatic rings. The van der Waals surface area contributed by atoms with Crippen LogP contribution in [0, 0.1) is 6.92 Å². The van der Waals surface area contributed by atoms with E-state index in [2.05, 4.69) is 66.6 Å². The Morgan fingerprint density at radius 2 is 1.91 bits per heavy atom. The molecule has 8 nitrogen and oxygen atoms in total. The topological polar surface area (TPSA) is 103 Å².